The number of nitrogens with one attached hydrogen (secondary N) is 1. The Balaban J connectivity index is 0.00000109. The van der Waals surface area contributed by atoms with Crippen LogP contribution in [0.4, 0.5) is 5.69 Å². The second-order valence-corrected chi connectivity index (χ2v) is 5.28. The zero-order valence-electron chi connectivity index (χ0n) is 15.3. The highest BCUT2D eigenvalue weighted by atomic mass is 16.5. The van der Waals surface area contributed by atoms with E-state index in [0.29, 0.717) is 0 Å². The maximum atomic E-state index is 10.8. The van der Waals surface area contributed by atoms with Gasteiger partial charge in [-0.1, -0.05) is 26.0 Å². The maximum absolute atomic E-state index is 10.8. The van der Waals surface area contributed by atoms with Gasteiger partial charge < -0.3 is 15.0 Å². The molecule has 24 heavy (non-hydrogen) atoms. The van der Waals surface area contributed by atoms with Gasteiger partial charge in [0.05, 0.1) is 37.2 Å². The number of benzene rings is 1. The summed E-state index contributed by atoms with van der Waals surface area (Å²) in [5, 5.41) is 2.53. The monoisotopic (exact) mass is 330 g/mol. The number of carbonyl (C=O) groups is 1. The lowest BCUT2D eigenvalue weighted by Crippen LogP contribution is -2.54. The van der Waals surface area contributed by atoms with E-state index in [1.807, 2.05) is 45.0 Å². The van der Waals surface area contributed by atoms with Crippen molar-refractivity contribution in [2.45, 2.75) is 32.9 Å². The quantitative estimate of drug-likeness (QED) is 0.854. The first kappa shape index (κ1) is 16.2. The van der Waals surface area contributed by atoms with Crippen LogP contribution in [0, 0.1) is 0 Å². The molecule has 2 heterocycles. The second kappa shape index (κ2) is 8.86. The zero-order chi connectivity index (χ0) is 18.2. The van der Waals surface area contributed by atoms with Crippen LogP contribution < -0.4 is 15.0 Å². The van der Waals surface area contributed by atoms with Gasteiger partial charge in [-0.25, -0.2) is 9.97 Å². The molecule has 128 valence electrons. The molecule has 2 aromatic rings. The molecule has 1 atom stereocenters. The minimum Gasteiger partial charge on any atom is -0.487 e. The molecular weight excluding hydrogens is 304 g/mol. The van der Waals surface area contributed by atoms with E-state index in [4.69, 9.17) is 6.11 Å². The van der Waals surface area contributed by atoms with Crippen molar-refractivity contribution in [1.82, 2.24) is 15.3 Å². The number of anilines is 1. The second-order valence-electron chi connectivity index (χ2n) is 5.28. The highest BCUT2D eigenvalue weighted by Gasteiger charge is 2.28. The van der Waals surface area contributed by atoms with Gasteiger partial charge in [0.2, 0.25) is 6.39 Å². The maximum Gasteiger partial charge on any atom is 0.207 e. The predicted octanol–water partition coefficient (Wildman–Crippen LogP) is 2.58. The molecule has 1 unspecified atom stereocenters. The zero-order valence-corrected chi connectivity index (χ0v) is 14.3. The lowest BCUT2D eigenvalue weighted by atomic mass is 10.1. The number of ether oxygens (including phenoxy) is 1. The number of rotatable bonds is 5. The molecule has 0 spiro atoms. The molecule has 6 heteroatoms. The van der Waals surface area contributed by atoms with Gasteiger partial charge in [-0.2, -0.15) is 0 Å². The van der Waals surface area contributed by atoms with E-state index in [1.165, 1.54) is 6.33 Å². The van der Waals surface area contributed by atoms with E-state index in [2.05, 4.69) is 20.2 Å². The predicted molar refractivity (Wildman–Crippen MR) is 94.1 cm³/mol. The summed E-state index contributed by atoms with van der Waals surface area (Å²) in [7, 11) is 0. The lowest BCUT2D eigenvalue weighted by Gasteiger charge is -2.40. The summed E-state index contributed by atoms with van der Waals surface area (Å²) in [5.41, 5.74) is 1.94. The first-order valence-electron chi connectivity index (χ1n) is 8.65. The Morgan fingerprint density at radius 2 is 1.92 bits per heavy atom. The molecule has 0 aliphatic carbocycles. The molecule has 1 aliphatic rings. The molecule has 0 radical (unpaired) electrons. The normalized spacial score (nSPS) is 15.3. The summed E-state index contributed by atoms with van der Waals surface area (Å²) in [6.45, 7) is 7.45. The molecule has 0 bridgehead atoms. The summed E-state index contributed by atoms with van der Waals surface area (Å²) >= 11 is 0. The minimum absolute atomic E-state index is 0.145. The van der Waals surface area contributed by atoms with E-state index in [1.54, 1.807) is 12.4 Å². The number of hydrogen-bond donors (Lipinski definition) is 1. The molecule has 6 nitrogen and oxygen atoms in total. The van der Waals surface area contributed by atoms with E-state index >= 15 is 0 Å². The minimum atomic E-state index is -0.780. The molecule has 1 aromatic heterocycles. The van der Waals surface area contributed by atoms with Gasteiger partial charge in [0, 0.05) is 0 Å². The molecule has 1 amide bonds. The van der Waals surface area contributed by atoms with Crippen molar-refractivity contribution in [2.24, 2.45) is 0 Å². The molecule has 0 saturated carbocycles. The summed E-state index contributed by atoms with van der Waals surface area (Å²) in [5.74, 6) is 0.798. The highest BCUT2D eigenvalue weighted by Crippen LogP contribution is 2.24. The van der Waals surface area contributed by atoms with E-state index < -0.39 is 6.39 Å². The van der Waals surface area contributed by atoms with Gasteiger partial charge >= 0.3 is 0 Å². The third-order valence-corrected chi connectivity index (χ3v) is 3.72. The first-order chi connectivity index (χ1) is 12.1. The first-order valence-corrected chi connectivity index (χ1v) is 8.15. The lowest BCUT2D eigenvalue weighted by molar-refractivity contribution is -0.110. The summed E-state index contributed by atoms with van der Waals surface area (Å²) in [4.78, 5) is 20.9. The van der Waals surface area contributed by atoms with Crippen LogP contribution in [0.5, 0.6) is 5.75 Å². The van der Waals surface area contributed by atoms with E-state index in [9.17, 15) is 4.79 Å². The average molecular weight is 330 g/mol. The van der Waals surface area contributed by atoms with Crippen molar-refractivity contribution in [3.8, 4) is 5.75 Å². The van der Waals surface area contributed by atoms with Crippen LogP contribution in [-0.2, 0) is 4.79 Å². The third-order valence-electron chi connectivity index (χ3n) is 3.72. The van der Waals surface area contributed by atoms with Crippen molar-refractivity contribution >= 4 is 12.1 Å². The van der Waals surface area contributed by atoms with Crippen LogP contribution in [0.3, 0.4) is 0 Å². The molecule has 1 N–H and O–H groups in total. The van der Waals surface area contributed by atoms with Crippen LogP contribution in [0.2, 0.25) is 0 Å². The van der Waals surface area contributed by atoms with Gasteiger partial charge in [-0.3, -0.25) is 4.79 Å². The van der Waals surface area contributed by atoms with Crippen molar-refractivity contribution in [2.75, 3.05) is 18.0 Å². The SMILES string of the molecule is CC.[3H]C(=O)NC(C)c1ccc(OC2CN(c3cncnc3)C2)cc1. The largest absolute Gasteiger partial charge is 0.487 e. The van der Waals surface area contributed by atoms with Crippen LogP contribution in [-0.4, -0.2) is 35.5 Å². The van der Waals surface area contributed by atoms with Crippen LogP contribution >= 0.6 is 0 Å². The smallest absolute Gasteiger partial charge is 0.207 e. The van der Waals surface area contributed by atoms with Gasteiger partial charge in [-0.15, -0.1) is 0 Å². The summed E-state index contributed by atoms with van der Waals surface area (Å²) < 4.78 is 12.8. The van der Waals surface area contributed by atoms with Crippen molar-refractivity contribution < 1.29 is 10.9 Å². The van der Waals surface area contributed by atoms with Crippen LogP contribution in [0.15, 0.2) is 43.0 Å². The van der Waals surface area contributed by atoms with Crippen molar-refractivity contribution in [3.05, 3.63) is 48.5 Å². The number of amides is 1. The van der Waals surface area contributed by atoms with Crippen LogP contribution in [0.1, 0.15) is 33.7 Å². The Bertz CT molecular complexity index is 661. The Morgan fingerprint density at radius 1 is 1.29 bits per heavy atom. The molecule has 1 fully saturated rings. The number of hydrogen-bond acceptors (Lipinski definition) is 5. The molecule has 1 aliphatic heterocycles. The number of nitrogens with zero attached hydrogens (tertiary/aromatic N) is 3. The Hall–Kier alpha value is -2.63. The summed E-state index contributed by atoms with van der Waals surface area (Å²) in [6, 6.07) is 7.38. The van der Waals surface area contributed by atoms with Gasteiger partial charge in [0.25, 0.3) is 0 Å². The Kier molecular flexibility index (Phi) is 5.99. The molecule has 3 rings (SSSR count). The van der Waals surface area contributed by atoms with E-state index in [-0.39, 0.29) is 12.1 Å². The van der Waals surface area contributed by atoms with Gasteiger partial charge in [0.15, 0.2) is 0 Å². The topological polar surface area (TPSA) is 67.3 Å². The average Bonchev–Trinajstić information content (AvgIpc) is 2.60. The van der Waals surface area contributed by atoms with Gasteiger partial charge in [0.1, 0.15) is 19.6 Å². The molecule has 1 saturated heterocycles. The third kappa shape index (κ3) is 4.44. The summed E-state index contributed by atoms with van der Waals surface area (Å²) in [6.07, 6.45) is 4.46. The number of aromatic nitrogens is 2. The number of carbonyl (C=O) groups excluding carboxylic acids is 1. The van der Waals surface area contributed by atoms with E-state index in [0.717, 1.165) is 30.1 Å². The fourth-order valence-electron chi connectivity index (χ4n) is 2.38. The Labute approximate surface area is 144 Å². The van der Waals surface area contributed by atoms with Gasteiger partial charge in [-0.05, 0) is 24.6 Å². The van der Waals surface area contributed by atoms with Crippen LogP contribution in [0.25, 0.3) is 0 Å². The Morgan fingerprint density at radius 3 is 2.50 bits per heavy atom. The van der Waals surface area contributed by atoms with Crippen molar-refractivity contribution in [3.63, 3.8) is 0 Å². The highest BCUT2D eigenvalue weighted by molar-refractivity contribution is 5.48. The fraction of sp³-hybridized carbons (Fsp3) is 0.389. The fourth-order valence-corrected chi connectivity index (χ4v) is 2.38. The molecule has 1 aromatic carbocycles. The van der Waals surface area contributed by atoms with Crippen molar-refractivity contribution in [1.29, 1.82) is 0 Å². The standard InChI is InChI=1S/C16H18N4O2.C2H6/c1-12(19-11-21)13-2-4-15(5-3-13)22-16-8-20(9-16)14-6-17-10-18-7-14;1-2/h2-7,10-12,16H,8-9H2,1H3,(H,19,21);1-2H3/i11T;. The molecular formula is C18H24N4O2.